The van der Waals surface area contributed by atoms with Crippen molar-refractivity contribution in [1.82, 2.24) is 0 Å². The molecule has 2 rings (SSSR count). The van der Waals surface area contributed by atoms with Crippen molar-refractivity contribution in [2.75, 3.05) is 18.2 Å². The summed E-state index contributed by atoms with van der Waals surface area (Å²) in [6, 6.07) is 10.9. The number of hydrogen-bond donors (Lipinski definition) is 2. The Balaban J connectivity index is 2.12. The van der Waals surface area contributed by atoms with E-state index in [1.165, 1.54) is 0 Å². The van der Waals surface area contributed by atoms with E-state index in [2.05, 4.69) is 37.2 Å². The third-order valence-electron chi connectivity index (χ3n) is 2.83. The van der Waals surface area contributed by atoms with Crippen molar-refractivity contribution in [2.45, 2.75) is 6.42 Å². The molecule has 0 fully saturated rings. The Kier molecular flexibility index (Phi) is 5.25. The van der Waals surface area contributed by atoms with E-state index in [-0.39, 0.29) is 12.3 Å². The number of hydrogen-bond acceptors (Lipinski definition) is 3. The molecule has 0 bridgehead atoms. The zero-order chi connectivity index (χ0) is 15.4. The van der Waals surface area contributed by atoms with Crippen LogP contribution < -0.4 is 15.8 Å². The molecule has 0 radical (unpaired) electrons. The molecule has 2 aromatic rings. The number of nitrogens with one attached hydrogen (secondary N) is 1. The van der Waals surface area contributed by atoms with E-state index in [9.17, 15) is 4.79 Å². The van der Waals surface area contributed by atoms with Crippen molar-refractivity contribution in [3.63, 3.8) is 0 Å². The molecule has 4 nitrogen and oxygen atoms in total. The second-order valence-corrected chi connectivity index (χ2v) is 6.14. The summed E-state index contributed by atoms with van der Waals surface area (Å²) in [4.78, 5) is 12.1. The van der Waals surface area contributed by atoms with E-state index in [0.29, 0.717) is 11.4 Å². The molecule has 21 heavy (non-hydrogen) atoms. The van der Waals surface area contributed by atoms with Crippen LogP contribution in [0.5, 0.6) is 5.75 Å². The van der Waals surface area contributed by atoms with Crippen LogP contribution in [0.2, 0.25) is 0 Å². The van der Waals surface area contributed by atoms with Crippen molar-refractivity contribution in [3.8, 4) is 5.75 Å². The van der Waals surface area contributed by atoms with Gasteiger partial charge in [-0.05, 0) is 61.7 Å². The second-order valence-electron chi connectivity index (χ2n) is 4.44. The first-order chi connectivity index (χ1) is 9.99. The average Bonchev–Trinajstić information content (AvgIpc) is 2.43. The van der Waals surface area contributed by atoms with Crippen LogP contribution in [0.15, 0.2) is 45.3 Å². The van der Waals surface area contributed by atoms with Crippen LogP contribution in [0.25, 0.3) is 0 Å². The average molecular weight is 414 g/mol. The maximum absolute atomic E-state index is 12.1. The first-order valence-corrected chi connectivity index (χ1v) is 7.75. The van der Waals surface area contributed by atoms with Crippen LogP contribution >= 0.6 is 31.9 Å². The van der Waals surface area contributed by atoms with Crippen molar-refractivity contribution >= 4 is 49.1 Å². The minimum absolute atomic E-state index is 0.116. The summed E-state index contributed by atoms with van der Waals surface area (Å²) in [5, 5.41) is 2.86. The highest BCUT2D eigenvalue weighted by atomic mass is 79.9. The first kappa shape index (κ1) is 15.9. The van der Waals surface area contributed by atoms with Gasteiger partial charge < -0.3 is 15.8 Å². The number of benzene rings is 2. The van der Waals surface area contributed by atoms with Gasteiger partial charge in [-0.15, -0.1) is 0 Å². The van der Waals surface area contributed by atoms with E-state index < -0.39 is 0 Å². The van der Waals surface area contributed by atoms with E-state index in [1.807, 2.05) is 24.3 Å². The lowest BCUT2D eigenvalue weighted by Crippen LogP contribution is -2.15. The molecule has 0 heterocycles. The molecule has 0 saturated heterocycles. The fourth-order valence-electron chi connectivity index (χ4n) is 1.86. The maximum Gasteiger partial charge on any atom is 0.228 e. The van der Waals surface area contributed by atoms with Crippen molar-refractivity contribution in [1.29, 1.82) is 0 Å². The smallest absolute Gasteiger partial charge is 0.228 e. The van der Waals surface area contributed by atoms with Gasteiger partial charge in [0, 0.05) is 14.6 Å². The Morgan fingerprint density at radius 3 is 2.52 bits per heavy atom. The summed E-state index contributed by atoms with van der Waals surface area (Å²) in [5.41, 5.74) is 7.89. The number of halogens is 2. The van der Waals surface area contributed by atoms with E-state index in [4.69, 9.17) is 10.5 Å². The summed E-state index contributed by atoms with van der Waals surface area (Å²) in [5.74, 6) is 0.615. The molecule has 0 aromatic heterocycles. The van der Waals surface area contributed by atoms with Crippen LogP contribution in [0.4, 0.5) is 11.4 Å². The van der Waals surface area contributed by atoms with Crippen LogP contribution in [-0.2, 0) is 11.2 Å². The summed E-state index contributed by atoms with van der Waals surface area (Å²) >= 11 is 6.78. The highest BCUT2D eigenvalue weighted by Gasteiger charge is 2.11. The van der Waals surface area contributed by atoms with Gasteiger partial charge in [-0.2, -0.15) is 0 Å². The maximum atomic E-state index is 12.1. The van der Waals surface area contributed by atoms with Gasteiger partial charge in [-0.3, -0.25) is 4.79 Å². The van der Waals surface area contributed by atoms with Gasteiger partial charge in [0.05, 0.1) is 19.2 Å². The van der Waals surface area contributed by atoms with E-state index in [0.717, 1.165) is 20.3 Å². The highest BCUT2D eigenvalue weighted by molar-refractivity contribution is 9.11. The van der Waals surface area contributed by atoms with Gasteiger partial charge in [-0.25, -0.2) is 0 Å². The van der Waals surface area contributed by atoms with Gasteiger partial charge in [0.25, 0.3) is 0 Å². The number of ether oxygens (including phenoxy) is 1. The first-order valence-electron chi connectivity index (χ1n) is 6.17. The monoisotopic (exact) mass is 412 g/mol. The molecule has 0 unspecified atom stereocenters. The van der Waals surface area contributed by atoms with Crippen LogP contribution in [0, 0.1) is 0 Å². The van der Waals surface area contributed by atoms with Crippen molar-refractivity contribution in [3.05, 3.63) is 50.9 Å². The molecule has 1 amide bonds. The Labute approximate surface area is 139 Å². The summed E-state index contributed by atoms with van der Waals surface area (Å²) in [6.45, 7) is 0. The highest BCUT2D eigenvalue weighted by Crippen LogP contribution is 2.33. The minimum atomic E-state index is -0.116. The van der Waals surface area contributed by atoms with Crippen LogP contribution in [-0.4, -0.2) is 13.0 Å². The number of carbonyl (C=O) groups is 1. The molecule has 0 atom stereocenters. The molecule has 6 heteroatoms. The quantitative estimate of drug-likeness (QED) is 0.745. The van der Waals surface area contributed by atoms with E-state index in [1.54, 1.807) is 19.2 Å². The van der Waals surface area contributed by atoms with E-state index >= 15 is 0 Å². The van der Waals surface area contributed by atoms with Gasteiger partial charge in [0.1, 0.15) is 5.75 Å². The summed E-state index contributed by atoms with van der Waals surface area (Å²) in [7, 11) is 1.60. The third-order valence-corrected chi connectivity index (χ3v) is 4.08. The third kappa shape index (κ3) is 4.22. The fourth-order valence-corrected chi connectivity index (χ4v) is 3.28. The van der Waals surface area contributed by atoms with Crippen molar-refractivity contribution < 1.29 is 9.53 Å². The topological polar surface area (TPSA) is 64.3 Å². The Morgan fingerprint density at radius 1 is 1.24 bits per heavy atom. The number of carbonyl (C=O) groups excluding carboxylic acids is 1. The molecular formula is C15H14Br2N2O2. The number of amides is 1. The number of methoxy groups -OCH3 is 1. The van der Waals surface area contributed by atoms with Gasteiger partial charge in [0.2, 0.25) is 5.91 Å². The lowest BCUT2D eigenvalue weighted by molar-refractivity contribution is -0.115. The second kappa shape index (κ2) is 6.95. The van der Waals surface area contributed by atoms with Crippen molar-refractivity contribution in [2.24, 2.45) is 0 Å². The molecule has 0 saturated carbocycles. The molecule has 2 aromatic carbocycles. The zero-order valence-electron chi connectivity index (χ0n) is 11.3. The summed E-state index contributed by atoms with van der Waals surface area (Å²) in [6.07, 6.45) is 0.264. The Morgan fingerprint density at radius 2 is 1.90 bits per heavy atom. The molecular weight excluding hydrogens is 400 g/mol. The number of nitrogens with two attached hydrogens (primary N) is 1. The SMILES string of the molecule is COc1cccc(CC(=O)Nc2c(Br)cc(N)cc2Br)c1. The number of anilines is 2. The molecule has 0 aliphatic rings. The molecule has 110 valence electrons. The standard InChI is InChI=1S/C15H14Br2N2O2/c1-21-11-4-2-3-9(5-11)6-14(20)19-15-12(16)7-10(18)8-13(15)17/h2-5,7-8H,6,18H2,1H3,(H,19,20). The lowest BCUT2D eigenvalue weighted by Gasteiger charge is -2.11. The molecule has 0 aliphatic carbocycles. The van der Waals surface area contributed by atoms with Crippen LogP contribution in [0.1, 0.15) is 5.56 Å². The predicted octanol–water partition coefficient (Wildman–Crippen LogP) is 3.98. The van der Waals surface area contributed by atoms with Gasteiger partial charge in [0.15, 0.2) is 0 Å². The fraction of sp³-hybridized carbons (Fsp3) is 0.133. The normalized spacial score (nSPS) is 10.2. The lowest BCUT2D eigenvalue weighted by atomic mass is 10.1. The minimum Gasteiger partial charge on any atom is -0.497 e. The van der Waals surface area contributed by atoms with Gasteiger partial charge in [-0.1, -0.05) is 12.1 Å². The Bertz CT molecular complexity index is 651. The zero-order valence-corrected chi connectivity index (χ0v) is 14.5. The van der Waals surface area contributed by atoms with Crippen LogP contribution in [0.3, 0.4) is 0 Å². The number of nitrogen functional groups attached to an aromatic ring is 1. The summed E-state index contributed by atoms with van der Waals surface area (Å²) < 4.78 is 6.61. The number of rotatable bonds is 4. The Hall–Kier alpha value is -1.53. The largest absolute Gasteiger partial charge is 0.497 e. The van der Waals surface area contributed by atoms with Gasteiger partial charge >= 0.3 is 0 Å². The molecule has 0 aliphatic heterocycles. The molecule has 0 spiro atoms. The predicted molar refractivity (Wildman–Crippen MR) is 91.6 cm³/mol. The molecule has 3 N–H and O–H groups in total.